The van der Waals surface area contributed by atoms with Crippen LogP contribution in [0.5, 0.6) is 0 Å². The largest absolute Gasteiger partial charge is 0.212 e. The van der Waals surface area contributed by atoms with Crippen LogP contribution in [0.15, 0.2) is 0 Å². The first kappa shape index (κ1) is 14.0. The maximum absolute atomic E-state index is 11.7. The minimum Gasteiger partial charge on any atom is -0.212 e. The Morgan fingerprint density at radius 2 is 1.81 bits per heavy atom. The molecule has 0 amide bonds. The third-order valence-electron chi connectivity index (χ3n) is 3.46. The molecular weight excluding hydrogens is 222 g/mol. The average Bonchev–Trinajstić information content (AvgIpc) is 2.27. The van der Waals surface area contributed by atoms with Gasteiger partial charge in [0.25, 0.3) is 0 Å². The predicted octanol–water partition coefficient (Wildman–Crippen LogP) is 2.67. The van der Waals surface area contributed by atoms with Crippen LogP contribution in [0.4, 0.5) is 0 Å². The Hall–Kier alpha value is -0.0900. The van der Waals surface area contributed by atoms with Crippen LogP contribution in [0.1, 0.15) is 58.8 Å². The number of nitrogens with one attached hydrogen (secondary N) is 1. The molecule has 0 aromatic carbocycles. The van der Waals surface area contributed by atoms with Gasteiger partial charge in [-0.1, -0.05) is 33.1 Å². The van der Waals surface area contributed by atoms with Crippen LogP contribution < -0.4 is 4.72 Å². The fraction of sp³-hybridized carbons (Fsp3) is 1.00. The van der Waals surface area contributed by atoms with Crippen LogP contribution in [-0.2, 0) is 10.0 Å². The van der Waals surface area contributed by atoms with Crippen LogP contribution in [0.3, 0.4) is 0 Å². The molecule has 0 aromatic heterocycles. The highest BCUT2D eigenvalue weighted by Gasteiger charge is 2.25. The molecule has 16 heavy (non-hydrogen) atoms. The van der Waals surface area contributed by atoms with Crippen LogP contribution >= 0.6 is 0 Å². The summed E-state index contributed by atoms with van der Waals surface area (Å²) in [5.41, 5.74) is 0. The minimum atomic E-state index is -3.04. The fourth-order valence-corrected chi connectivity index (χ4v) is 4.08. The minimum absolute atomic E-state index is 0.164. The Bertz CT molecular complexity index is 281. The SMILES string of the molecule is CCCS(=O)(=O)NC(CC)C1CCCCC1. The topological polar surface area (TPSA) is 46.2 Å². The van der Waals surface area contributed by atoms with Crippen LogP contribution in [0.25, 0.3) is 0 Å². The molecule has 0 radical (unpaired) electrons. The lowest BCUT2D eigenvalue weighted by Crippen LogP contribution is -2.41. The van der Waals surface area contributed by atoms with Crippen molar-refractivity contribution >= 4 is 10.0 Å². The number of sulfonamides is 1. The van der Waals surface area contributed by atoms with E-state index in [0.29, 0.717) is 12.3 Å². The fourth-order valence-electron chi connectivity index (χ4n) is 2.61. The third kappa shape index (κ3) is 4.42. The third-order valence-corrected chi connectivity index (χ3v) is 5.07. The van der Waals surface area contributed by atoms with Crippen molar-refractivity contribution in [2.45, 2.75) is 64.8 Å². The Labute approximate surface area is 100 Å². The van der Waals surface area contributed by atoms with Crippen molar-refractivity contribution in [3.63, 3.8) is 0 Å². The van der Waals surface area contributed by atoms with E-state index in [2.05, 4.69) is 11.6 Å². The normalized spacial score (nSPS) is 20.9. The first-order valence-corrected chi connectivity index (χ1v) is 8.24. The lowest BCUT2D eigenvalue weighted by molar-refractivity contribution is 0.285. The smallest absolute Gasteiger partial charge is 0.211 e. The van der Waals surface area contributed by atoms with Crippen molar-refractivity contribution < 1.29 is 8.42 Å². The van der Waals surface area contributed by atoms with Gasteiger partial charge in [-0.25, -0.2) is 13.1 Å². The zero-order valence-corrected chi connectivity index (χ0v) is 11.4. The molecule has 1 atom stereocenters. The molecule has 1 unspecified atom stereocenters. The highest BCUT2D eigenvalue weighted by Crippen LogP contribution is 2.28. The summed E-state index contributed by atoms with van der Waals surface area (Å²) in [6.07, 6.45) is 7.81. The molecule has 1 aliphatic rings. The van der Waals surface area contributed by atoms with Crippen LogP contribution in [0, 0.1) is 5.92 Å². The molecule has 3 nitrogen and oxygen atoms in total. The zero-order chi connectivity index (χ0) is 12.0. The maximum atomic E-state index is 11.7. The summed E-state index contributed by atoms with van der Waals surface area (Å²) >= 11 is 0. The van der Waals surface area contributed by atoms with E-state index >= 15 is 0 Å². The molecule has 0 heterocycles. The van der Waals surface area contributed by atoms with Crippen molar-refractivity contribution in [2.24, 2.45) is 5.92 Å². The molecule has 1 fully saturated rings. The van der Waals surface area contributed by atoms with Crippen molar-refractivity contribution in [1.29, 1.82) is 0 Å². The molecule has 0 spiro atoms. The summed E-state index contributed by atoms with van der Waals surface area (Å²) in [6.45, 7) is 3.98. The van der Waals surface area contributed by atoms with E-state index in [-0.39, 0.29) is 11.8 Å². The summed E-state index contributed by atoms with van der Waals surface area (Å²) in [5.74, 6) is 0.821. The first-order chi connectivity index (χ1) is 7.59. The van der Waals surface area contributed by atoms with E-state index in [9.17, 15) is 8.42 Å². The lowest BCUT2D eigenvalue weighted by atomic mass is 9.83. The molecule has 0 bridgehead atoms. The van der Waals surface area contributed by atoms with Gasteiger partial charge in [-0.05, 0) is 31.6 Å². The second kappa shape index (κ2) is 6.60. The molecule has 1 rings (SSSR count). The molecule has 0 aliphatic heterocycles. The summed E-state index contributed by atoms with van der Waals surface area (Å²) < 4.78 is 26.3. The molecule has 1 aliphatic carbocycles. The summed E-state index contributed by atoms with van der Waals surface area (Å²) in [6, 6.07) is 0.164. The van der Waals surface area contributed by atoms with Gasteiger partial charge in [-0.2, -0.15) is 0 Å². The standard InChI is InChI=1S/C12H25NO2S/c1-3-10-16(14,15)13-12(4-2)11-8-6-5-7-9-11/h11-13H,3-10H2,1-2H3. The van der Waals surface area contributed by atoms with Crippen LogP contribution in [-0.4, -0.2) is 20.2 Å². The zero-order valence-electron chi connectivity index (χ0n) is 10.5. The van der Waals surface area contributed by atoms with Gasteiger partial charge in [0, 0.05) is 6.04 Å². The molecule has 1 saturated carbocycles. The predicted molar refractivity (Wildman–Crippen MR) is 67.9 cm³/mol. The summed E-state index contributed by atoms with van der Waals surface area (Å²) in [4.78, 5) is 0. The van der Waals surface area contributed by atoms with Gasteiger partial charge in [-0.15, -0.1) is 0 Å². The number of rotatable bonds is 6. The maximum Gasteiger partial charge on any atom is 0.211 e. The van der Waals surface area contributed by atoms with Crippen molar-refractivity contribution in [3.8, 4) is 0 Å². The van der Waals surface area contributed by atoms with Gasteiger partial charge >= 0.3 is 0 Å². The molecule has 0 saturated heterocycles. The monoisotopic (exact) mass is 247 g/mol. The van der Waals surface area contributed by atoms with E-state index in [1.54, 1.807) is 0 Å². The van der Waals surface area contributed by atoms with Gasteiger partial charge in [0.15, 0.2) is 0 Å². The van der Waals surface area contributed by atoms with E-state index in [4.69, 9.17) is 0 Å². The van der Waals surface area contributed by atoms with Crippen molar-refractivity contribution in [2.75, 3.05) is 5.75 Å². The van der Waals surface area contributed by atoms with E-state index in [1.807, 2.05) is 6.92 Å². The van der Waals surface area contributed by atoms with E-state index in [1.165, 1.54) is 32.1 Å². The highest BCUT2D eigenvalue weighted by molar-refractivity contribution is 7.89. The Morgan fingerprint density at radius 3 is 2.31 bits per heavy atom. The second-order valence-corrected chi connectivity index (χ2v) is 6.72. The summed E-state index contributed by atoms with van der Waals surface area (Å²) in [5, 5.41) is 0. The molecular formula is C12H25NO2S. The van der Waals surface area contributed by atoms with Crippen molar-refractivity contribution in [3.05, 3.63) is 0 Å². The van der Waals surface area contributed by atoms with Crippen LogP contribution in [0.2, 0.25) is 0 Å². The number of hydrogen-bond donors (Lipinski definition) is 1. The van der Waals surface area contributed by atoms with Gasteiger partial charge in [0.1, 0.15) is 0 Å². The molecule has 96 valence electrons. The number of hydrogen-bond acceptors (Lipinski definition) is 2. The lowest BCUT2D eigenvalue weighted by Gasteiger charge is -2.30. The average molecular weight is 247 g/mol. The van der Waals surface area contributed by atoms with E-state index in [0.717, 1.165) is 6.42 Å². The second-order valence-electron chi connectivity index (χ2n) is 4.85. The van der Waals surface area contributed by atoms with Gasteiger partial charge < -0.3 is 0 Å². The Balaban J connectivity index is 2.53. The van der Waals surface area contributed by atoms with Gasteiger partial charge in [-0.3, -0.25) is 0 Å². The summed E-state index contributed by atoms with van der Waals surface area (Å²) in [7, 11) is -3.04. The van der Waals surface area contributed by atoms with Gasteiger partial charge in [0.2, 0.25) is 10.0 Å². The van der Waals surface area contributed by atoms with E-state index < -0.39 is 10.0 Å². The quantitative estimate of drug-likeness (QED) is 0.784. The Kier molecular flexibility index (Phi) is 5.76. The first-order valence-electron chi connectivity index (χ1n) is 6.59. The molecule has 1 N–H and O–H groups in total. The molecule has 0 aromatic rings. The highest BCUT2D eigenvalue weighted by atomic mass is 32.2. The molecule has 4 heteroatoms. The Morgan fingerprint density at radius 1 is 1.19 bits per heavy atom. The van der Waals surface area contributed by atoms with Gasteiger partial charge in [0.05, 0.1) is 5.75 Å². The van der Waals surface area contributed by atoms with Crippen molar-refractivity contribution in [1.82, 2.24) is 4.72 Å².